The molecule has 0 radical (unpaired) electrons. The maximum Gasteiger partial charge on any atom is 0.411 e. The number of amides is 1. The van der Waals surface area contributed by atoms with E-state index in [0.29, 0.717) is 17.1 Å². The van der Waals surface area contributed by atoms with Gasteiger partial charge >= 0.3 is 12.1 Å². The van der Waals surface area contributed by atoms with E-state index >= 15 is 0 Å². The number of aromatic nitrogens is 2. The Kier molecular flexibility index (Phi) is 6.64. The number of carboxylic acids is 1. The number of carbonyl (C=O) groups excluding carboxylic acids is 1. The van der Waals surface area contributed by atoms with Crippen molar-refractivity contribution in [1.82, 2.24) is 14.5 Å². The van der Waals surface area contributed by atoms with Crippen LogP contribution in [0.1, 0.15) is 29.7 Å². The Balaban J connectivity index is 1.47. The third-order valence-corrected chi connectivity index (χ3v) is 6.52. The summed E-state index contributed by atoms with van der Waals surface area (Å²) in [6, 6.07) is 22.3. The lowest BCUT2D eigenvalue weighted by atomic mass is 10.0. The van der Waals surface area contributed by atoms with E-state index in [0.717, 1.165) is 22.4 Å². The zero-order chi connectivity index (χ0) is 25.9. The molecular weight excluding hydrogens is 470 g/mol. The molecule has 1 aromatic heterocycles. The van der Waals surface area contributed by atoms with Gasteiger partial charge in [-0.05, 0) is 48.4 Å². The predicted octanol–water partition coefficient (Wildman–Crippen LogP) is 5.59. The van der Waals surface area contributed by atoms with Gasteiger partial charge in [-0.3, -0.25) is 9.69 Å². The minimum Gasteiger partial charge on any atom is -0.481 e. The quantitative estimate of drug-likeness (QED) is 0.341. The van der Waals surface area contributed by atoms with Gasteiger partial charge in [-0.15, -0.1) is 0 Å². The molecule has 0 saturated carbocycles. The van der Waals surface area contributed by atoms with E-state index in [4.69, 9.17) is 14.6 Å². The van der Waals surface area contributed by atoms with Crippen LogP contribution in [0.5, 0.6) is 11.5 Å². The van der Waals surface area contributed by atoms with Gasteiger partial charge in [0.2, 0.25) is 0 Å². The minimum absolute atomic E-state index is 0.0957. The Morgan fingerprint density at radius 3 is 2.62 bits per heavy atom. The first-order chi connectivity index (χ1) is 17.9. The molecule has 1 fully saturated rings. The molecule has 1 aliphatic heterocycles. The average Bonchev–Trinajstić information content (AvgIpc) is 3.43. The zero-order valence-electron chi connectivity index (χ0n) is 20.6. The van der Waals surface area contributed by atoms with Crippen molar-refractivity contribution < 1.29 is 24.2 Å². The van der Waals surface area contributed by atoms with Gasteiger partial charge in [0.05, 0.1) is 37.2 Å². The molecule has 5 rings (SSSR count). The molecule has 1 saturated heterocycles. The van der Waals surface area contributed by atoms with Gasteiger partial charge in [0.1, 0.15) is 17.6 Å². The largest absolute Gasteiger partial charge is 0.481 e. The third kappa shape index (κ3) is 5.18. The first kappa shape index (κ1) is 24.1. The van der Waals surface area contributed by atoms with E-state index in [1.54, 1.807) is 41.7 Å². The van der Waals surface area contributed by atoms with E-state index in [1.165, 1.54) is 0 Å². The number of carbonyl (C=O) groups is 2. The molecule has 188 valence electrons. The summed E-state index contributed by atoms with van der Waals surface area (Å²) in [5, 5.41) is 9.15. The van der Waals surface area contributed by atoms with Gasteiger partial charge < -0.3 is 19.1 Å². The maximum atomic E-state index is 13.0. The van der Waals surface area contributed by atoms with Gasteiger partial charge in [-0.2, -0.15) is 0 Å². The first-order valence-electron chi connectivity index (χ1n) is 12.0. The molecule has 0 bridgehead atoms. The normalized spacial score (nSPS) is 17.0. The van der Waals surface area contributed by atoms with Crippen molar-refractivity contribution >= 4 is 12.1 Å². The molecule has 0 aliphatic carbocycles. The molecule has 3 aromatic carbocycles. The second-order valence-corrected chi connectivity index (χ2v) is 9.12. The topological polar surface area (TPSA) is 93.9 Å². The summed E-state index contributed by atoms with van der Waals surface area (Å²) in [7, 11) is 1.92. The standard InChI is InChI=1S/C29H27N3O5/c1-19-28(21-8-4-3-5-9-21)37-29(35)32(19)17-23-15-22(25-16-30-18-31(25)2)11-12-26(23)36-24-10-6-7-20(13-24)14-27(33)34/h3-13,15-16,18-19,28H,14,17H2,1-2H3,(H,33,34)/t19-,28-/m0/s1. The van der Waals surface area contributed by atoms with Crippen molar-refractivity contribution in [2.24, 2.45) is 7.05 Å². The number of ether oxygens (including phenoxy) is 2. The van der Waals surface area contributed by atoms with Crippen molar-refractivity contribution in [3.8, 4) is 22.8 Å². The van der Waals surface area contributed by atoms with Gasteiger partial charge in [0.25, 0.3) is 0 Å². The van der Waals surface area contributed by atoms with Crippen LogP contribution < -0.4 is 4.74 Å². The second kappa shape index (κ2) is 10.2. The third-order valence-electron chi connectivity index (χ3n) is 6.52. The fourth-order valence-corrected chi connectivity index (χ4v) is 4.60. The van der Waals surface area contributed by atoms with Crippen LogP contribution in [0.4, 0.5) is 4.79 Å². The van der Waals surface area contributed by atoms with Crippen molar-refractivity contribution in [2.75, 3.05) is 0 Å². The number of nitrogens with zero attached hydrogens (tertiary/aromatic N) is 3. The summed E-state index contributed by atoms with van der Waals surface area (Å²) >= 11 is 0. The van der Waals surface area contributed by atoms with Gasteiger partial charge in [-0.1, -0.05) is 42.5 Å². The van der Waals surface area contributed by atoms with Crippen molar-refractivity contribution in [3.63, 3.8) is 0 Å². The summed E-state index contributed by atoms with van der Waals surface area (Å²) in [6.45, 7) is 2.25. The number of aliphatic carboxylic acids is 1. The molecule has 2 heterocycles. The van der Waals surface area contributed by atoms with E-state index in [1.807, 2.05) is 67.1 Å². The van der Waals surface area contributed by atoms with E-state index in [2.05, 4.69) is 4.98 Å². The first-order valence-corrected chi connectivity index (χ1v) is 12.0. The van der Waals surface area contributed by atoms with Crippen LogP contribution in [0.3, 0.4) is 0 Å². The van der Waals surface area contributed by atoms with E-state index in [-0.39, 0.29) is 31.2 Å². The summed E-state index contributed by atoms with van der Waals surface area (Å²) in [4.78, 5) is 30.0. The van der Waals surface area contributed by atoms with Crippen LogP contribution >= 0.6 is 0 Å². The molecule has 1 amide bonds. The molecule has 2 atom stereocenters. The van der Waals surface area contributed by atoms with Crippen LogP contribution in [0.25, 0.3) is 11.3 Å². The highest BCUT2D eigenvalue weighted by Crippen LogP contribution is 2.36. The Morgan fingerprint density at radius 2 is 1.89 bits per heavy atom. The highest BCUT2D eigenvalue weighted by atomic mass is 16.6. The van der Waals surface area contributed by atoms with Gasteiger partial charge in [0.15, 0.2) is 0 Å². The molecule has 8 nitrogen and oxygen atoms in total. The van der Waals surface area contributed by atoms with Gasteiger partial charge in [0, 0.05) is 18.2 Å². The lowest BCUT2D eigenvalue weighted by molar-refractivity contribution is -0.136. The van der Waals surface area contributed by atoms with Crippen molar-refractivity contribution in [3.05, 3.63) is 102 Å². The van der Waals surface area contributed by atoms with Gasteiger partial charge in [-0.25, -0.2) is 9.78 Å². The highest BCUT2D eigenvalue weighted by Gasteiger charge is 2.39. The predicted molar refractivity (Wildman–Crippen MR) is 137 cm³/mol. The molecular formula is C29H27N3O5. The molecule has 8 heteroatoms. The van der Waals surface area contributed by atoms with Crippen LogP contribution in [0.2, 0.25) is 0 Å². The Bertz CT molecular complexity index is 1430. The Morgan fingerprint density at radius 1 is 1.08 bits per heavy atom. The van der Waals surface area contributed by atoms with Crippen LogP contribution in [0, 0.1) is 0 Å². The SMILES string of the molecule is C[C@H]1[C@@H](c2ccccc2)OC(=O)N1Cc1cc(-c2cncn2C)ccc1Oc1cccc(CC(=O)O)c1. The lowest BCUT2D eigenvalue weighted by Gasteiger charge is -2.23. The smallest absolute Gasteiger partial charge is 0.411 e. The molecule has 1 N–H and O–H groups in total. The average molecular weight is 498 g/mol. The molecule has 4 aromatic rings. The number of carboxylic acid groups (broad SMARTS) is 1. The fourth-order valence-electron chi connectivity index (χ4n) is 4.60. The number of cyclic esters (lactones) is 1. The van der Waals surface area contributed by atoms with Crippen molar-refractivity contribution in [2.45, 2.75) is 32.0 Å². The maximum absolute atomic E-state index is 13.0. The molecule has 0 spiro atoms. The summed E-state index contributed by atoms with van der Waals surface area (Å²) in [5.41, 5.74) is 4.24. The number of hydrogen-bond acceptors (Lipinski definition) is 5. The van der Waals surface area contributed by atoms with E-state index in [9.17, 15) is 9.59 Å². The monoisotopic (exact) mass is 497 g/mol. The van der Waals surface area contributed by atoms with Crippen LogP contribution in [-0.2, 0) is 29.5 Å². The molecule has 0 unspecified atom stereocenters. The summed E-state index contributed by atoms with van der Waals surface area (Å²) in [5.74, 6) is 0.182. The van der Waals surface area contributed by atoms with E-state index < -0.39 is 5.97 Å². The fraction of sp³-hybridized carbons (Fsp3) is 0.207. The Hall–Kier alpha value is -4.59. The molecule has 1 aliphatic rings. The number of rotatable bonds is 8. The minimum atomic E-state index is -0.909. The second-order valence-electron chi connectivity index (χ2n) is 9.12. The number of imidazole rings is 1. The van der Waals surface area contributed by atoms with Crippen molar-refractivity contribution in [1.29, 1.82) is 0 Å². The highest BCUT2D eigenvalue weighted by molar-refractivity contribution is 5.72. The number of aryl methyl sites for hydroxylation is 1. The summed E-state index contributed by atoms with van der Waals surface area (Å²) in [6.07, 6.45) is 2.67. The number of hydrogen-bond donors (Lipinski definition) is 1. The summed E-state index contributed by atoms with van der Waals surface area (Å²) < 4.78 is 13.9. The molecule has 37 heavy (non-hydrogen) atoms. The lowest BCUT2D eigenvalue weighted by Crippen LogP contribution is -2.31. The van der Waals surface area contributed by atoms with Crippen LogP contribution in [0.15, 0.2) is 85.3 Å². The zero-order valence-corrected chi connectivity index (χ0v) is 20.6. The van der Waals surface area contributed by atoms with Crippen LogP contribution in [-0.4, -0.2) is 37.7 Å². The Labute approximate surface area is 214 Å². The number of benzene rings is 3.